The molecule has 0 unspecified atom stereocenters. The Hall–Kier alpha value is -3.47. The summed E-state index contributed by atoms with van der Waals surface area (Å²) in [6, 6.07) is 23.0. The Morgan fingerprint density at radius 3 is 2.14 bits per heavy atom. The number of nitrogens with zero attached hydrogens (tertiary/aromatic N) is 1. The summed E-state index contributed by atoms with van der Waals surface area (Å²) in [5.41, 5.74) is 11.3. The van der Waals surface area contributed by atoms with Crippen molar-refractivity contribution >= 4 is 23.0 Å². The van der Waals surface area contributed by atoms with Gasteiger partial charge in [-0.2, -0.15) is 5.12 Å². The number of benzene rings is 3. The van der Waals surface area contributed by atoms with Gasteiger partial charge < -0.3 is 4.74 Å². The van der Waals surface area contributed by atoms with Crippen molar-refractivity contribution in [3.05, 3.63) is 83.9 Å². The number of fused-ring (bicyclic) bond motifs is 1. The fourth-order valence-corrected chi connectivity index (χ4v) is 3.09. The quantitative estimate of drug-likeness (QED) is 0.446. The Morgan fingerprint density at radius 2 is 1.54 bits per heavy atom. The second-order valence-corrected chi connectivity index (χ2v) is 6.79. The molecular weight excluding hydrogens is 350 g/mol. The lowest BCUT2D eigenvalue weighted by Gasteiger charge is -2.19. The molecule has 1 aliphatic heterocycles. The fraction of sp³-hybridized carbons (Fsp3) is 0.174. The van der Waals surface area contributed by atoms with Crippen LogP contribution in [0, 0.1) is 0 Å². The summed E-state index contributed by atoms with van der Waals surface area (Å²) in [4.78, 5) is 12.4. The molecule has 0 radical (unpaired) electrons. The molecular formula is C23H23N3O2. The molecule has 0 aliphatic carbocycles. The molecule has 3 aromatic carbocycles. The highest BCUT2D eigenvalue weighted by molar-refractivity contribution is 5.91. The zero-order valence-electron chi connectivity index (χ0n) is 15.8. The van der Waals surface area contributed by atoms with E-state index in [9.17, 15) is 4.79 Å². The molecule has 28 heavy (non-hydrogen) atoms. The van der Waals surface area contributed by atoms with Gasteiger partial charge in [-0.15, -0.1) is 0 Å². The first-order valence-corrected chi connectivity index (χ1v) is 9.56. The van der Waals surface area contributed by atoms with Gasteiger partial charge in [-0.1, -0.05) is 37.6 Å². The van der Waals surface area contributed by atoms with Gasteiger partial charge in [0.15, 0.2) is 0 Å². The first kappa shape index (κ1) is 17.9. The van der Waals surface area contributed by atoms with Crippen LogP contribution in [0.15, 0.2) is 72.8 Å². The van der Waals surface area contributed by atoms with Crippen molar-refractivity contribution in [1.82, 2.24) is 0 Å². The van der Waals surface area contributed by atoms with Crippen LogP contribution in [0.1, 0.15) is 35.7 Å². The number of esters is 1. The first-order valence-electron chi connectivity index (χ1n) is 9.56. The van der Waals surface area contributed by atoms with Gasteiger partial charge >= 0.3 is 5.97 Å². The molecule has 142 valence electrons. The molecule has 5 heteroatoms. The molecule has 0 fully saturated rings. The molecule has 0 aromatic heterocycles. The highest BCUT2D eigenvalue weighted by Crippen LogP contribution is 2.31. The molecule has 1 aliphatic rings. The number of aryl methyl sites for hydroxylation is 1. The molecule has 0 saturated heterocycles. The van der Waals surface area contributed by atoms with Crippen LogP contribution in [-0.2, 0) is 6.42 Å². The number of para-hydroxylation sites is 2. The second kappa shape index (κ2) is 8.05. The summed E-state index contributed by atoms with van der Waals surface area (Å²) in [5.74, 6) is 0.167. The zero-order chi connectivity index (χ0) is 19.3. The highest BCUT2D eigenvalue weighted by atomic mass is 16.5. The Morgan fingerprint density at radius 1 is 0.893 bits per heavy atom. The van der Waals surface area contributed by atoms with Crippen LogP contribution in [0.2, 0.25) is 0 Å². The van der Waals surface area contributed by atoms with E-state index < -0.39 is 0 Å². The summed E-state index contributed by atoms with van der Waals surface area (Å²) in [5, 5.41) is 1.82. The fourth-order valence-electron chi connectivity index (χ4n) is 3.09. The Kier molecular flexibility index (Phi) is 5.15. The third-order valence-corrected chi connectivity index (χ3v) is 4.71. The van der Waals surface area contributed by atoms with Crippen molar-refractivity contribution < 1.29 is 9.53 Å². The van der Waals surface area contributed by atoms with Crippen LogP contribution in [-0.4, -0.2) is 5.97 Å². The van der Waals surface area contributed by atoms with Gasteiger partial charge in [-0.05, 0) is 66.9 Å². The number of unbranched alkanes of at least 4 members (excludes halogenated alkanes) is 1. The van der Waals surface area contributed by atoms with Gasteiger partial charge in [-0.25, -0.2) is 4.79 Å². The van der Waals surface area contributed by atoms with Gasteiger partial charge in [0.05, 0.1) is 22.6 Å². The van der Waals surface area contributed by atoms with Crippen molar-refractivity contribution in [2.24, 2.45) is 0 Å². The van der Waals surface area contributed by atoms with Crippen molar-refractivity contribution in [2.45, 2.75) is 26.2 Å². The summed E-state index contributed by atoms with van der Waals surface area (Å²) in [7, 11) is 0. The Balaban J connectivity index is 1.37. The molecule has 2 N–H and O–H groups in total. The van der Waals surface area contributed by atoms with Crippen LogP contribution < -0.4 is 20.7 Å². The maximum Gasteiger partial charge on any atom is 0.343 e. The SMILES string of the molecule is CCCCc1ccc(C(=O)Oc2ccc(N3Nc4ccccc4N3)cc2)cc1. The number of ether oxygens (including phenoxy) is 1. The number of rotatable bonds is 6. The van der Waals surface area contributed by atoms with E-state index in [-0.39, 0.29) is 5.97 Å². The van der Waals surface area contributed by atoms with E-state index in [1.807, 2.05) is 65.8 Å². The average Bonchev–Trinajstić information content (AvgIpc) is 3.17. The molecule has 5 nitrogen and oxygen atoms in total. The monoisotopic (exact) mass is 373 g/mol. The molecule has 0 bridgehead atoms. The Bertz CT molecular complexity index is 927. The minimum Gasteiger partial charge on any atom is -0.423 e. The molecule has 0 saturated carbocycles. The van der Waals surface area contributed by atoms with E-state index in [1.54, 1.807) is 12.1 Å². The molecule has 3 aromatic rings. The first-order chi connectivity index (χ1) is 13.7. The molecule has 1 heterocycles. The van der Waals surface area contributed by atoms with E-state index in [1.165, 1.54) is 5.56 Å². The predicted octanol–water partition coefficient (Wildman–Crippen LogP) is 5.42. The predicted molar refractivity (Wildman–Crippen MR) is 113 cm³/mol. The lowest BCUT2D eigenvalue weighted by molar-refractivity contribution is 0.0735. The van der Waals surface area contributed by atoms with Crippen LogP contribution in [0.3, 0.4) is 0 Å². The van der Waals surface area contributed by atoms with Crippen molar-refractivity contribution in [3.63, 3.8) is 0 Å². The number of anilines is 3. The van der Waals surface area contributed by atoms with Crippen LogP contribution >= 0.6 is 0 Å². The number of carbonyl (C=O) groups is 1. The van der Waals surface area contributed by atoms with Gasteiger partial charge in [0.2, 0.25) is 0 Å². The van der Waals surface area contributed by atoms with Crippen LogP contribution in [0.4, 0.5) is 17.1 Å². The summed E-state index contributed by atoms with van der Waals surface area (Å²) >= 11 is 0. The zero-order valence-corrected chi connectivity index (χ0v) is 15.8. The van der Waals surface area contributed by atoms with Crippen molar-refractivity contribution in [2.75, 3.05) is 16.0 Å². The lowest BCUT2D eigenvalue weighted by Crippen LogP contribution is -2.29. The third-order valence-electron chi connectivity index (χ3n) is 4.71. The van der Waals surface area contributed by atoms with E-state index in [4.69, 9.17) is 4.74 Å². The molecule has 4 rings (SSSR count). The number of hydrogen-bond donors (Lipinski definition) is 2. The van der Waals surface area contributed by atoms with Gasteiger partial charge in [-0.3, -0.25) is 10.9 Å². The standard InChI is InChI=1S/C23H23N3O2/c1-2-3-6-17-9-11-18(12-10-17)23(27)28-20-15-13-19(14-16-20)26-24-21-7-4-5-8-22(21)25-26/h4-5,7-16,24-25H,2-3,6H2,1H3. The van der Waals surface area contributed by atoms with Gasteiger partial charge in [0, 0.05) is 0 Å². The normalized spacial score (nSPS) is 12.1. The largest absolute Gasteiger partial charge is 0.423 e. The lowest BCUT2D eigenvalue weighted by atomic mass is 10.1. The van der Waals surface area contributed by atoms with E-state index in [0.29, 0.717) is 11.3 Å². The molecule has 0 atom stereocenters. The number of hydrogen-bond acceptors (Lipinski definition) is 5. The van der Waals surface area contributed by atoms with E-state index in [0.717, 1.165) is 36.3 Å². The minimum absolute atomic E-state index is 0.348. The summed E-state index contributed by atoms with van der Waals surface area (Å²) in [6.45, 7) is 2.17. The van der Waals surface area contributed by atoms with E-state index in [2.05, 4.69) is 17.8 Å². The smallest absolute Gasteiger partial charge is 0.343 e. The number of nitrogens with one attached hydrogen (secondary N) is 2. The third kappa shape index (κ3) is 3.93. The van der Waals surface area contributed by atoms with Crippen molar-refractivity contribution in [3.8, 4) is 5.75 Å². The summed E-state index contributed by atoms with van der Waals surface area (Å²) in [6.07, 6.45) is 3.35. The molecule has 0 amide bonds. The van der Waals surface area contributed by atoms with Gasteiger partial charge in [0.1, 0.15) is 5.75 Å². The maximum atomic E-state index is 12.4. The van der Waals surface area contributed by atoms with Crippen LogP contribution in [0.25, 0.3) is 0 Å². The number of carbonyl (C=O) groups excluding carboxylic acids is 1. The highest BCUT2D eigenvalue weighted by Gasteiger charge is 2.17. The van der Waals surface area contributed by atoms with E-state index >= 15 is 0 Å². The maximum absolute atomic E-state index is 12.4. The van der Waals surface area contributed by atoms with Crippen LogP contribution in [0.5, 0.6) is 5.75 Å². The minimum atomic E-state index is -0.348. The van der Waals surface area contributed by atoms with Crippen molar-refractivity contribution in [1.29, 1.82) is 0 Å². The molecule has 0 spiro atoms. The Labute approximate surface area is 164 Å². The average molecular weight is 373 g/mol. The topological polar surface area (TPSA) is 53.6 Å². The second-order valence-electron chi connectivity index (χ2n) is 6.79. The summed E-state index contributed by atoms with van der Waals surface area (Å²) < 4.78 is 5.50. The number of hydrazine groups is 2. The van der Waals surface area contributed by atoms with Gasteiger partial charge in [0.25, 0.3) is 0 Å².